The van der Waals surface area contributed by atoms with Gasteiger partial charge in [-0.05, 0) is 56.2 Å². The zero-order valence-corrected chi connectivity index (χ0v) is 11.7. The highest BCUT2D eigenvalue weighted by Crippen LogP contribution is 2.14. The van der Waals surface area contributed by atoms with Crippen LogP contribution in [-0.4, -0.2) is 19.5 Å². The Labute approximate surface area is 115 Å². The third-order valence-corrected chi connectivity index (χ3v) is 3.54. The van der Waals surface area contributed by atoms with Crippen molar-refractivity contribution < 1.29 is 9.47 Å². The molecule has 0 N–H and O–H groups in total. The van der Waals surface area contributed by atoms with E-state index in [-0.39, 0.29) is 6.29 Å². The smallest absolute Gasteiger partial charge is 0.157 e. The SMILES string of the molecule is Sc1ccc(CCCCOC2CCCCO2)cc1. The molecular formula is C15H22O2S. The molecule has 1 aromatic rings. The van der Waals surface area contributed by atoms with Crippen LogP contribution in [0.5, 0.6) is 0 Å². The predicted molar refractivity (Wildman–Crippen MR) is 76.2 cm³/mol. The van der Waals surface area contributed by atoms with Crippen LogP contribution in [0.25, 0.3) is 0 Å². The molecule has 0 saturated carbocycles. The molecule has 1 fully saturated rings. The van der Waals surface area contributed by atoms with E-state index in [0.29, 0.717) is 0 Å². The van der Waals surface area contributed by atoms with Gasteiger partial charge in [0.25, 0.3) is 0 Å². The molecule has 1 unspecified atom stereocenters. The summed E-state index contributed by atoms with van der Waals surface area (Å²) in [6.45, 7) is 1.68. The van der Waals surface area contributed by atoms with Gasteiger partial charge in [0.1, 0.15) is 0 Å². The van der Waals surface area contributed by atoms with Gasteiger partial charge < -0.3 is 9.47 Å². The molecule has 0 spiro atoms. The molecule has 1 saturated heterocycles. The lowest BCUT2D eigenvalue weighted by Gasteiger charge is -2.22. The summed E-state index contributed by atoms with van der Waals surface area (Å²) >= 11 is 4.28. The van der Waals surface area contributed by atoms with Gasteiger partial charge in [-0.1, -0.05) is 12.1 Å². The molecule has 0 amide bonds. The number of hydrogen-bond donors (Lipinski definition) is 1. The quantitative estimate of drug-likeness (QED) is 0.623. The predicted octanol–water partition coefficient (Wildman–Crippen LogP) is 3.84. The Hall–Kier alpha value is -0.510. The second-order valence-electron chi connectivity index (χ2n) is 4.79. The number of benzene rings is 1. The number of rotatable bonds is 6. The van der Waals surface area contributed by atoms with Crippen LogP contribution in [-0.2, 0) is 15.9 Å². The summed E-state index contributed by atoms with van der Waals surface area (Å²) in [5.41, 5.74) is 1.38. The second kappa shape index (κ2) is 7.82. The Morgan fingerprint density at radius 2 is 2.00 bits per heavy atom. The lowest BCUT2D eigenvalue weighted by molar-refractivity contribution is -0.162. The van der Waals surface area contributed by atoms with Crippen molar-refractivity contribution in [3.05, 3.63) is 29.8 Å². The number of hydrogen-bond acceptors (Lipinski definition) is 3. The third kappa shape index (κ3) is 5.01. The van der Waals surface area contributed by atoms with Crippen LogP contribution >= 0.6 is 12.6 Å². The summed E-state index contributed by atoms with van der Waals surface area (Å²) in [5, 5.41) is 0. The molecule has 0 aliphatic carbocycles. The molecule has 0 bridgehead atoms. The molecule has 2 nitrogen and oxygen atoms in total. The molecule has 3 heteroatoms. The number of unbranched alkanes of at least 4 members (excludes halogenated alkanes) is 1. The molecule has 1 aliphatic heterocycles. The molecule has 100 valence electrons. The maximum atomic E-state index is 5.71. The van der Waals surface area contributed by atoms with E-state index < -0.39 is 0 Å². The molecule has 2 rings (SSSR count). The summed E-state index contributed by atoms with van der Waals surface area (Å²) in [4.78, 5) is 1.02. The highest BCUT2D eigenvalue weighted by atomic mass is 32.1. The standard InChI is InChI=1S/C15H22O2S/c18-14-9-7-13(8-10-14)5-1-3-11-16-15-6-2-4-12-17-15/h7-10,15,18H,1-6,11-12H2. The van der Waals surface area contributed by atoms with Crippen LogP contribution in [0.4, 0.5) is 0 Å². The topological polar surface area (TPSA) is 18.5 Å². The van der Waals surface area contributed by atoms with Gasteiger partial charge in [-0.2, -0.15) is 0 Å². The Balaban J connectivity index is 1.54. The van der Waals surface area contributed by atoms with Crippen LogP contribution in [0.1, 0.15) is 37.7 Å². The lowest BCUT2D eigenvalue weighted by atomic mass is 10.1. The number of ether oxygens (including phenoxy) is 2. The van der Waals surface area contributed by atoms with E-state index in [2.05, 4.69) is 24.8 Å². The monoisotopic (exact) mass is 266 g/mol. The van der Waals surface area contributed by atoms with Crippen molar-refractivity contribution in [2.75, 3.05) is 13.2 Å². The summed E-state index contributed by atoms with van der Waals surface area (Å²) in [6, 6.07) is 8.39. The molecule has 1 heterocycles. The van der Waals surface area contributed by atoms with Crippen molar-refractivity contribution >= 4 is 12.6 Å². The molecule has 1 atom stereocenters. The third-order valence-electron chi connectivity index (χ3n) is 3.24. The Kier molecular flexibility index (Phi) is 6.05. The van der Waals surface area contributed by atoms with Crippen LogP contribution in [0.2, 0.25) is 0 Å². The summed E-state index contributed by atoms with van der Waals surface area (Å²) < 4.78 is 11.2. The molecule has 1 aliphatic rings. The number of thiol groups is 1. The first-order valence-electron chi connectivity index (χ1n) is 6.86. The van der Waals surface area contributed by atoms with Gasteiger partial charge in [-0.15, -0.1) is 12.6 Å². The van der Waals surface area contributed by atoms with Gasteiger partial charge in [-0.25, -0.2) is 0 Å². The van der Waals surface area contributed by atoms with Crippen LogP contribution in [0, 0.1) is 0 Å². The van der Waals surface area contributed by atoms with Gasteiger partial charge in [0.15, 0.2) is 6.29 Å². The highest BCUT2D eigenvalue weighted by molar-refractivity contribution is 7.80. The van der Waals surface area contributed by atoms with E-state index in [4.69, 9.17) is 9.47 Å². The average Bonchev–Trinajstić information content (AvgIpc) is 2.42. The van der Waals surface area contributed by atoms with Crippen molar-refractivity contribution in [2.24, 2.45) is 0 Å². The van der Waals surface area contributed by atoms with Crippen molar-refractivity contribution in [1.29, 1.82) is 0 Å². The van der Waals surface area contributed by atoms with E-state index in [1.807, 2.05) is 12.1 Å². The number of aryl methyl sites for hydroxylation is 1. The Bertz CT molecular complexity index is 331. The molecular weight excluding hydrogens is 244 g/mol. The van der Waals surface area contributed by atoms with Gasteiger partial charge in [0.2, 0.25) is 0 Å². The first-order chi connectivity index (χ1) is 8.84. The first kappa shape index (κ1) is 13.9. The second-order valence-corrected chi connectivity index (χ2v) is 5.31. The van der Waals surface area contributed by atoms with E-state index in [0.717, 1.165) is 37.4 Å². The van der Waals surface area contributed by atoms with E-state index in [1.54, 1.807) is 0 Å². The van der Waals surface area contributed by atoms with Crippen molar-refractivity contribution in [1.82, 2.24) is 0 Å². The van der Waals surface area contributed by atoms with Gasteiger partial charge in [0, 0.05) is 18.1 Å². The summed E-state index contributed by atoms with van der Waals surface area (Å²) in [5.74, 6) is 0. The zero-order valence-electron chi connectivity index (χ0n) is 10.8. The van der Waals surface area contributed by atoms with Crippen molar-refractivity contribution in [3.63, 3.8) is 0 Å². The lowest BCUT2D eigenvalue weighted by Crippen LogP contribution is -2.22. The zero-order chi connectivity index (χ0) is 12.6. The van der Waals surface area contributed by atoms with Gasteiger partial charge >= 0.3 is 0 Å². The molecule has 18 heavy (non-hydrogen) atoms. The molecule has 1 aromatic carbocycles. The van der Waals surface area contributed by atoms with E-state index >= 15 is 0 Å². The van der Waals surface area contributed by atoms with Crippen LogP contribution in [0.15, 0.2) is 29.2 Å². The average molecular weight is 266 g/mol. The summed E-state index contributed by atoms with van der Waals surface area (Å²) in [6.07, 6.45) is 6.91. The molecule has 0 aromatic heterocycles. The van der Waals surface area contributed by atoms with Gasteiger partial charge in [0.05, 0.1) is 0 Å². The van der Waals surface area contributed by atoms with Crippen LogP contribution < -0.4 is 0 Å². The first-order valence-corrected chi connectivity index (χ1v) is 7.30. The Morgan fingerprint density at radius 1 is 1.17 bits per heavy atom. The minimum absolute atomic E-state index is 0.0576. The fourth-order valence-corrected chi connectivity index (χ4v) is 2.30. The van der Waals surface area contributed by atoms with Crippen LogP contribution in [0.3, 0.4) is 0 Å². The minimum atomic E-state index is 0.0576. The van der Waals surface area contributed by atoms with Gasteiger partial charge in [-0.3, -0.25) is 0 Å². The van der Waals surface area contributed by atoms with E-state index in [9.17, 15) is 0 Å². The molecule has 0 radical (unpaired) electrons. The summed E-state index contributed by atoms with van der Waals surface area (Å²) in [7, 11) is 0. The maximum absolute atomic E-state index is 5.71. The van der Waals surface area contributed by atoms with Crippen molar-refractivity contribution in [3.8, 4) is 0 Å². The van der Waals surface area contributed by atoms with E-state index in [1.165, 1.54) is 24.8 Å². The minimum Gasteiger partial charge on any atom is -0.353 e. The normalized spacial score (nSPS) is 19.9. The largest absolute Gasteiger partial charge is 0.353 e. The highest BCUT2D eigenvalue weighted by Gasteiger charge is 2.13. The maximum Gasteiger partial charge on any atom is 0.157 e. The fraction of sp³-hybridized carbons (Fsp3) is 0.600. The fourth-order valence-electron chi connectivity index (χ4n) is 2.15. The van der Waals surface area contributed by atoms with Crippen molar-refractivity contribution in [2.45, 2.75) is 49.7 Å². The Morgan fingerprint density at radius 3 is 2.72 bits per heavy atom.